The molecule has 0 saturated heterocycles. The van der Waals surface area contributed by atoms with Gasteiger partial charge in [0.2, 0.25) is 0 Å². The number of hydrogen-bond acceptors (Lipinski definition) is 3. The number of rotatable bonds is 7. The van der Waals surface area contributed by atoms with Crippen LogP contribution in [0, 0.1) is 18.8 Å². The molecule has 0 heterocycles. The van der Waals surface area contributed by atoms with Crippen LogP contribution in [0.4, 0.5) is 5.69 Å². The van der Waals surface area contributed by atoms with E-state index in [1.165, 1.54) is 16.2 Å². The van der Waals surface area contributed by atoms with Crippen LogP contribution in [0.15, 0.2) is 53.4 Å². The van der Waals surface area contributed by atoms with Gasteiger partial charge in [-0.25, -0.2) is 0 Å². The van der Waals surface area contributed by atoms with Crippen LogP contribution in [0.25, 0.3) is 0 Å². The highest BCUT2D eigenvalue weighted by Gasteiger charge is 2.05. The van der Waals surface area contributed by atoms with Crippen molar-refractivity contribution in [3.05, 3.63) is 59.7 Å². The molecule has 0 aliphatic rings. The number of carbonyl (C=O) groups excluding carboxylic acids is 1. The second kappa shape index (κ2) is 11.8. The van der Waals surface area contributed by atoms with Gasteiger partial charge in [-0.05, 0) is 49.4 Å². The van der Waals surface area contributed by atoms with Crippen LogP contribution in [0.5, 0.6) is 0 Å². The first-order valence-electron chi connectivity index (χ1n) is 9.36. The molecule has 2 nitrogen and oxygen atoms in total. The molecule has 0 spiro atoms. The molecule has 0 saturated carbocycles. The topological polar surface area (TPSA) is 43.1 Å². The Morgan fingerprint density at radius 1 is 0.923 bits per heavy atom. The van der Waals surface area contributed by atoms with Gasteiger partial charge in [-0.3, -0.25) is 4.79 Å². The Kier molecular flexibility index (Phi) is 10.1. The highest BCUT2D eigenvalue weighted by atomic mass is 32.2. The van der Waals surface area contributed by atoms with E-state index < -0.39 is 0 Å². The summed E-state index contributed by atoms with van der Waals surface area (Å²) in [4.78, 5) is 13.0. The lowest BCUT2D eigenvalue weighted by Gasteiger charge is -2.04. The monoisotopic (exact) mass is 371 g/mol. The smallest absolute Gasteiger partial charge is 0.162 e. The molecule has 0 fully saturated rings. The van der Waals surface area contributed by atoms with Crippen LogP contribution in [0.3, 0.4) is 0 Å². The summed E-state index contributed by atoms with van der Waals surface area (Å²) >= 11 is 1.88. The average molecular weight is 372 g/mol. The van der Waals surface area contributed by atoms with Crippen LogP contribution in [-0.2, 0) is 0 Å². The zero-order valence-electron chi connectivity index (χ0n) is 16.8. The van der Waals surface area contributed by atoms with E-state index in [0.717, 1.165) is 23.6 Å². The predicted octanol–water partition coefficient (Wildman–Crippen LogP) is 6.63. The molecular weight excluding hydrogens is 338 g/mol. The summed E-state index contributed by atoms with van der Waals surface area (Å²) in [5.41, 5.74) is 8.45. The van der Waals surface area contributed by atoms with Crippen LogP contribution in [-0.4, -0.2) is 11.5 Å². The minimum Gasteiger partial charge on any atom is -0.399 e. The fraction of sp³-hybridized carbons (Fsp3) is 0.435. The summed E-state index contributed by atoms with van der Waals surface area (Å²) in [7, 11) is 0. The molecule has 0 radical (unpaired) electrons. The summed E-state index contributed by atoms with van der Waals surface area (Å²) in [5.74, 6) is 2.78. The van der Waals surface area contributed by atoms with Gasteiger partial charge in [-0.15, -0.1) is 11.8 Å². The molecule has 142 valence electrons. The van der Waals surface area contributed by atoms with E-state index in [1.807, 2.05) is 55.1 Å². The summed E-state index contributed by atoms with van der Waals surface area (Å²) < 4.78 is 0. The Balaban J connectivity index is 0.000000263. The van der Waals surface area contributed by atoms with Gasteiger partial charge in [0.05, 0.1) is 0 Å². The number of thioether (sulfide) groups is 1. The number of anilines is 1. The SMILES string of the molecule is CC(C)CSc1ccc(N)cc1.Cc1ccc(C(=O)CCC(C)C)cc1. The molecule has 26 heavy (non-hydrogen) atoms. The molecule has 0 unspecified atom stereocenters. The van der Waals surface area contributed by atoms with E-state index in [2.05, 4.69) is 39.8 Å². The number of hydrogen-bond donors (Lipinski definition) is 1. The van der Waals surface area contributed by atoms with Crippen molar-refractivity contribution >= 4 is 23.2 Å². The summed E-state index contributed by atoms with van der Waals surface area (Å²) in [6, 6.07) is 15.8. The highest BCUT2D eigenvalue weighted by Crippen LogP contribution is 2.21. The fourth-order valence-corrected chi connectivity index (χ4v) is 2.98. The van der Waals surface area contributed by atoms with Gasteiger partial charge < -0.3 is 5.73 Å². The van der Waals surface area contributed by atoms with E-state index in [0.29, 0.717) is 12.3 Å². The zero-order chi connectivity index (χ0) is 19.5. The lowest BCUT2D eigenvalue weighted by Crippen LogP contribution is -2.01. The van der Waals surface area contributed by atoms with Crippen LogP contribution in [0.2, 0.25) is 0 Å². The second-order valence-electron chi connectivity index (χ2n) is 7.50. The third-order valence-electron chi connectivity index (χ3n) is 3.79. The maximum absolute atomic E-state index is 11.7. The number of nitrogens with two attached hydrogens (primary N) is 1. The average Bonchev–Trinajstić information content (AvgIpc) is 2.60. The molecule has 3 heteroatoms. The molecule has 2 aromatic rings. The first-order chi connectivity index (χ1) is 12.3. The van der Waals surface area contributed by atoms with Crippen molar-refractivity contribution in [1.29, 1.82) is 0 Å². The molecule has 0 aliphatic heterocycles. The van der Waals surface area contributed by atoms with E-state index in [1.54, 1.807) is 0 Å². The summed E-state index contributed by atoms with van der Waals surface area (Å²) in [6.45, 7) is 10.8. The minimum atomic E-state index is 0.263. The van der Waals surface area contributed by atoms with Crippen LogP contribution in [0.1, 0.15) is 56.5 Å². The van der Waals surface area contributed by atoms with Crippen molar-refractivity contribution in [2.24, 2.45) is 11.8 Å². The largest absolute Gasteiger partial charge is 0.399 e. The van der Waals surface area contributed by atoms with Crippen LogP contribution >= 0.6 is 11.8 Å². The quantitative estimate of drug-likeness (QED) is 0.337. The lowest BCUT2D eigenvalue weighted by molar-refractivity contribution is 0.0975. The molecule has 2 aromatic carbocycles. The minimum absolute atomic E-state index is 0.263. The third kappa shape index (κ3) is 9.67. The van der Waals surface area contributed by atoms with Crippen molar-refractivity contribution in [1.82, 2.24) is 0 Å². The Labute approximate surface area is 163 Å². The molecule has 0 aromatic heterocycles. The van der Waals surface area contributed by atoms with Gasteiger partial charge in [-0.2, -0.15) is 0 Å². The van der Waals surface area contributed by atoms with E-state index in [-0.39, 0.29) is 5.78 Å². The molecule has 0 amide bonds. The first kappa shape index (κ1) is 22.3. The van der Waals surface area contributed by atoms with Gasteiger partial charge >= 0.3 is 0 Å². The number of Topliss-reactive ketones (excluding diaryl/α,β-unsaturated/α-hetero) is 1. The molecule has 2 rings (SSSR count). The number of ketones is 1. The molecule has 0 atom stereocenters. The number of nitrogen functional groups attached to an aromatic ring is 1. The molecule has 0 bridgehead atoms. The van der Waals surface area contributed by atoms with Crippen molar-refractivity contribution in [2.45, 2.75) is 52.4 Å². The third-order valence-corrected chi connectivity index (χ3v) is 5.22. The summed E-state index contributed by atoms with van der Waals surface area (Å²) in [5, 5.41) is 0. The fourth-order valence-electron chi connectivity index (χ4n) is 2.13. The standard InChI is InChI=1S/C13H18O.C10H15NS/c1-10(2)4-9-13(14)12-7-5-11(3)6-8-12;1-8(2)7-12-10-5-3-9(11)4-6-10/h5-8,10H,4,9H2,1-3H3;3-6,8H,7,11H2,1-2H3. The number of benzene rings is 2. The van der Waals surface area contributed by atoms with Gasteiger partial charge in [0.25, 0.3) is 0 Å². The number of aryl methyl sites for hydroxylation is 1. The molecule has 0 aliphatic carbocycles. The Morgan fingerprint density at radius 2 is 1.50 bits per heavy atom. The van der Waals surface area contributed by atoms with Gasteiger partial charge in [-0.1, -0.05) is 57.5 Å². The summed E-state index contributed by atoms with van der Waals surface area (Å²) in [6.07, 6.45) is 1.65. The van der Waals surface area contributed by atoms with Crippen LogP contribution < -0.4 is 5.73 Å². The van der Waals surface area contributed by atoms with Gasteiger partial charge in [0.15, 0.2) is 5.78 Å². The zero-order valence-corrected chi connectivity index (χ0v) is 17.6. The second-order valence-corrected chi connectivity index (χ2v) is 8.59. The van der Waals surface area contributed by atoms with Gasteiger partial charge in [0, 0.05) is 28.3 Å². The van der Waals surface area contributed by atoms with E-state index in [4.69, 9.17) is 5.73 Å². The highest BCUT2D eigenvalue weighted by molar-refractivity contribution is 7.99. The van der Waals surface area contributed by atoms with Crippen molar-refractivity contribution < 1.29 is 4.79 Å². The van der Waals surface area contributed by atoms with Crippen molar-refractivity contribution in [3.63, 3.8) is 0 Å². The Hall–Kier alpha value is -1.74. The maximum atomic E-state index is 11.7. The Morgan fingerprint density at radius 3 is 2.00 bits per heavy atom. The molecular formula is C23H33NOS. The predicted molar refractivity (Wildman–Crippen MR) is 116 cm³/mol. The van der Waals surface area contributed by atoms with Crippen molar-refractivity contribution in [2.75, 3.05) is 11.5 Å². The van der Waals surface area contributed by atoms with E-state index >= 15 is 0 Å². The molecule has 2 N–H and O–H groups in total. The van der Waals surface area contributed by atoms with E-state index in [9.17, 15) is 4.79 Å². The first-order valence-corrected chi connectivity index (χ1v) is 10.3. The normalized spacial score (nSPS) is 10.6. The lowest BCUT2D eigenvalue weighted by atomic mass is 10.0. The maximum Gasteiger partial charge on any atom is 0.162 e. The Bertz CT molecular complexity index is 645. The number of carbonyl (C=O) groups is 1. The van der Waals surface area contributed by atoms with Gasteiger partial charge in [0.1, 0.15) is 0 Å². The van der Waals surface area contributed by atoms with Crippen molar-refractivity contribution in [3.8, 4) is 0 Å².